The van der Waals surface area contributed by atoms with Gasteiger partial charge in [-0.3, -0.25) is 9.59 Å². The summed E-state index contributed by atoms with van der Waals surface area (Å²) in [5.41, 5.74) is -0.183. The number of carbonyl (C=O) groups is 2. The number of unbranched alkanes of at least 4 members (excludes halogenated alkanes) is 12. The summed E-state index contributed by atoms with van der Waals surface area (Å²) in [6, 6.07) is 0.195. The summed E-state index contributed by atoms with van der Waals surface area (Å²) in [5.74, 6) is 1.14. The number of carboxylic acids is 1. The maximum absolute atomic E-state index is 12.9. The zero-order valence-electron chi connectivity index (χ0n) is 30.1. The van der Waals surface area contributed by atoms with Crippen LogP contribution in [0.15, 0.2) is 0 Å². The van der Waals surface area contributed by atoms with E-state index in [9.17, 15) is 24.9 Å². The van der Waals surface area contributed by atoms with Gasteiger partial charge >= 0.3 is 5.97 Å². The minimum absolute atomic E-state index is 0.0789. The largest absolute Gasteiger partial charge is 0.481 e. The predicted octanol–water partition coefficient (Wildman–Crippen LogP) is 9.05. The van der Waals surface area contributed by atoms with Crippen molar-refractivity contribution < 1.29 is 24.9 Å². The standard InChI is InChI=1S/C40H71NO5/c1-5-6-7-8-9-10-11-12-13-14-15-16-17-18-36(44)41-30-23-24-39(3)29(25-30)26-34(42)38-32-21-20-31(28(2)19-22-37(45)46)40(32,4)35(43)27-33(38)39/h28-35,38,42-43H,5-27H2,1-4H3,(H,41,44)(H,45,46)/t28?,29-,30-,31+,32-,33-,34+,35-,38-,39-,40+/m0/s1. The van der Waals surface area contributed by atoms with Gasteiger partial charge in [-0.2, -0.15) is 0 Å². The Morgan fingerprint density at radius 2 is 1.39 bits per heavy atom. The lowest BCUT2D eigenvalue weighted by Gasteiger charge is -2.63. The number of aliphatic hydroxyl groups excluding tert-OH is 2. The molecule has 1 unspecified atom stereocenters. The van der Waals surface area contributed by atoms with E-state index >= 15 is 0 Å². The molecule has 6 heteroatoms. The first-order chi connectivity index (χ1) is 22.0. The van der Waals surface area contributed by atoms with Crippen LogP contribution >= 0.6 is 0 Å². The topological polar surface area (TPSA) is 107 Å². The van der Waals surface area contributed by atoms with Crippen LogP contribution in [0.5, 0.6) is 0 Å². The number of carbonyl (C=O) groups excluding carboxylic acids is 1. The molecular formula is C40H71NO5. The van der Waals surface area contributed by atoms with Crippen LogP contribution in [0.25, 0.3) is 0 Å². The zero-order chi connectivity index (χ0) is 33.3. The van der Waals surface area contributed by atoms with Crippen LogP contribution in [0.2, 0.25) is 0 Å². The molecular weight excluding hydrogens is 574 g/mol. The molecule has 11 atom stereocenters. The Bertz CT molecular complexity index is 956. The molecule has 266 valence electrons. The number of nitrogens with one attached hydrogen (secondary N) is 1. The lowest BCUT2D eigenvalue weighted by atomic mass is 9.43. The molecule has 0 aromatic carbocycles. The van der Waals surface area contributed by atoms with Gasteiger partial charge in [-0.05, 0) is 104 Å². The second kappa shape index (κ2) is 17.5. The van der Waals surface area contributed by atoms with Crippen molar-refractivity contribution in [2.24, 2.45) is 46.3 Å². The van der Waals surface area contributed by atoms with Crippen molar-refractivity contribution in [2.75, 3.05) is 0 Å². The SMILES string of the molecule is CCCCCCCCCCCCCCCC(=O)N[C@H]1CC[C@@]2(C)[C@@H](C1)C[C@@H](O)[C@@H]1[C@@H]2C[C@H](O)[C@]2(C)[C@@H](C(C)CCC(=O)O)CC[C@@H]12. The van der Waals surface area contributed by atoms with Crippen LogP contribution in [0, 0.1) is 46.3 Å². The van der Waals surface area contributed by atoms with Crippen molar-refractivity contribution in [3.8, 4) is 0 Å². The predicted molar refractivity (Wildman–Crippen MR) is 186 cm³/mol. The second-order valence-electron chi connectivity index (χ2n) is 17.0. The molecule has 0 aromatic heterocycles. The molecule has 4 N–H and O–H groups in total. The number of aliphatic carboxylic acids is 1. The van der Waals surface area contributed by atoms with Crippen LogP contribution in [0.3, 0.4) is 0 Å². The average Bonchev–Trinajstić information content (AvgIpc) is 3.38. The van der Waals surface area contributed by atoms with E-state index in [2.05, 4.69) is 33.0 Å². The number of rotatable bonds is 19. The van der Waals surface area contributed by atoms with E-state index in [4.69, 9.17) is 0 Å². The molecule has 4 rings (SSSR count). The monoisotopic (exact) mass is 646 g/mol. The van der Waals surface area contributed by atoms with Gasteiger partial charge in [-0.15, -0.1) is 0 Å². The summed E-state index contributed by atoms with van der Waals surface area (Å²) in [6.07, 6.45) is 24.3. The first-order valence-electron chi connectivity index (χ1n) is 19.9. The molecule has 46 heavy (non-hydrogen) atoms. The van der Waals surface area contributed by atoms with Gasteiger partial charge in [0, 0.05) is 18.9 Å². The number of carboxylic acid groups (broad SMARTS) is 1. The molecule has 0 bridgehead atoms. The molecule has 0 radical (unpaired) electrons. The van der Waals surface area contributed by atoms with Gasteiger partial charge in [-0.25, -0.2) is 0 Å². The maximum atomic E-state index is 12.9. The van der Waals surface area contributed by atoms with Gasteiger partial charge in [0.15, 0.2) is 0 Å². The van der Waals surface area contributed by atoms with Gasteiger partial charge in [0.05, 0.1) is 12.2 Å². The highest BCUT2D eigenvalue weighted by Crippen LogP contribution is 2.68. The van der Waals surface area contributed by atoms with E-state index in [-0.39, 0.29) is 53.1 Å². The molecule has 0 spiro atoms. The average molecular weight is 646 g/mol. The van der Waals surface area contributed by atoms with E-state index in [0.29, 0.717) is 30.6 Å². The minimum Gasteiger partial charge on any atom is -0.481 e. The molecule has 6 nitrogen and oxygen atoms in total. The molecule has 1 amide bonds. The Labute approximate surface area is 281 Å². The van der Waals surface area contributed by atoms with Gasteiger partial charge in [0.1, 0.15) is 0 Å². The second-order valence-corrected chi connectivity index (χ2v) is 17.0. The number of amides is 1. The highest BCUT2D eigenvalue weighted by atomic mass is 16.4. The Morgan fingerprint density at radius 1 is 0.783 bits per heavy atom. The van der Waals surface area contributed by atoms with Crippen LogP contribution < -0.4 is 5.32 Å². The van der Waals surface area contributed by atoms with Crippen molar-refractivity contribution in [3.63, 3.8) is 0 Å². The fourth-order valence-corrected chi connectivity index (χ4v) is 11.4. The summed E-state index contributed by atoms with van der Waals surface area (Å²) in [6.45, 7) is 9.11. The smallest absolute Gasteiger partial charge is 0.303 e. The van der Waals surface area contributed by atoms with Gasteiger partial charge in [-0.1, -0.05) is 105 Å². The highest BCUT2D eigenvalue weighted by molar-refractivity contribution is 5.76. The van der Waals surface area contributed by atoms with E-state index in [1.165, 1.54) is 70.6 Å². The summed E-state index contributed by atoms with van der Waals surface area (Å²) in [4.78, 5) is 24.2. The Kier molecular flexibility index (Phi) is 14.3. The van der Waals surface area contributed by atoms with Gasteiger partial charge in [0.2, 0.25) is 5.91 Å². The number of aliphatic hydroxyl groups is 2. The molecule has 4 aliphatic carbocycles. The normalized spacial score (nSPS) is 37.6. The Morgan fingerprint density at radius 3 is 2.00 bits per heavy atom. The third-order valence-corrected chi connectivity index (χ3v) is 14.2. The molecule has 0 aliphatic heterocycles. The lowest BCUT2D eigenvalue weighted by molar-refractivity contribution is -0.202. The fraction of sp³-hybridized carbons (Fsp3) is 0.950. The van der Waals surface area contributed by atoms with Gasteiger partial charge in [0.25, 0.3) is 0 Å². The van der Waals surface area contributed by atoms with Crippen molar-refractivity contribution >= 4 is 11.9 Å². The van der Waals surface area contributed by atoms with Crippen molar-refractivity contribution in [3.05, 3.63) is 0 Å². The molecule has 0 aromatic rings. The third-order valence-electron chi connectivity index (χ3n) is 14.2. The Balaban J connectivity index is 1.19. The number of fused-ring (bicyclic) bond motifs is 5. The van der Waals surface area contributed by atoms with E-state index in [1.54, 1.807) is 0 Å². The van der Waals surface area contributed by atoms with Crippen LogP contribution in [-0.2, 0) is 9.59 Å². The van der Waals surface area contributed by atoms with Crippen molar-refractivity contribution in [1.29, 1.82) is 0 Å². The van der Waals surface area contributed by atoms with E-state index < -0.39 is 12.1 Å². The zero-order valence-corrected chi connectivity index (χ0v) is 30.1. The molecule has 4 aliphatic rings. The fourth-order valence-electron chi connectivity index (χ4n) is 11.4. The molecule has 4 saturated carbocycles. The summed E-state index contributed by atoms with van der Waals surface area (Å²) in [7, 11) is 0. The van der Waals surface area contributed by atoms with Crippen LogP contribution in [-0.4, -0.2) is 45.4 Å². The van der Waals surface area contributed by atoms with E-state index in [1.807, 2.05) is 0 Å². The molecule has 4 fully saturated rings. The summed E-state index contributed by atoms with van der Waals surface area (Å²) >= 11 is 0. The third kappa shape index (κ3) is 8.90. The van der Waals surface area contributed by atoms with Crippen LogP contribution in [0.1, 0.15) is 175 Å². The van der Waals surface area contributed by atoms with E-state index in [0.717, 1.165) is 57.8 Å². The minimum atomic E-state index is -0.746. The quantitative estimate of drug-likeness (QED) is 0.105. The summed E-state index contributed by atoms with van der Waals surface area (Å²) < 4.78 is 0. The first-order valence-corrected chi connectivity index (χ1v) is 19.9. The highest BCUT2D eigenvalue weighted by Gasteiger charge is 2.65. The molecule has 0 saturated heterocycles. The lowest BCUT2D eigenvalue weighted by Crippen LogP contribution is -2.63. The Hall–Kier alpha value is -1.14. The number of hydrogen-bond donors (Lipinski definition) is 4. The summed E-state index contributed by atoms with van der Waals surface area (Å²) in [5, 5.41) is 36.1. The van der Waals surface area contributed by atoms with Gasteiger partial charge < -0.3 is 20.6 Å². The first kappa shape index (κ1) is 37.7. The maximum Gasteiger partial charge on any atom is 0.303 e. The molecule has 0 heterocycles. The van der Waals surface area contributed by atoms with Crippen molar-refractivity contribution in [2.45, 2.75) is 194 Å². The van der Waals surface area contributed by atoms with Crippen LogP contribution in [0.4, 0.5) is 0 Å². The number of hydrogen-bond acceptors (Lipinski definition) is 4. The van der Waals surface area contributed by atoms with Crippen molar-refractivity contribution in [1.82, 2.24) is 5.32 Å².